The zero-order chi connectivity index (χ0) is 49.9. The van der Waals surface area contributed by atoms with E-state index in [1.165, 1.54) is 60.8 Å². The molecule has 10 rings (SSSR count). The lowest BCUT2D eigenvalue weighted by Crippen LogP contribution is -2.38. The van der Waals surface area contributed by atoms with Gasteiger partial charge < -0.3 is 15.3 Å². The fraction of sp³-hybridized carbons (Fsp3) is 0.458. The third kappa shape index (κ3) is 13.1. The quantitative estimate of drug-likeness (QED) is 0.0914. The molecule has 1 amide bonds. The van der Waals surface area contributed by atoms with Crippen LogP contribution < -0.4 is 5.32 Å². The van der Waals surface area contributed by atoms with Crippen molar-refractivity contribution in [3.05, 3.63) is 140 Å². The summed E-state index contributed by atoms with van der Waals surface area (Å²) in [5.41, 5.74) is 11.6. The Morgan fingerprint density at radius 3 is 1.40 bits per heavy atom. The second kappa shape index (κ2) is 26.3. The van der Waals surface area contributed by atoms with Gasteiger partial charge in [-0.1, -0.05) is 84.4 Å². The second-order valence-electron chi connectivity index (χ2n) is 19.4. The number of nitriles is 2. The van der Waals surface area contributed by atoms with E-state index >= 15 is 0 Å². The average molecular weight is 1010 g/mol. The lowest BCUT2D eigenvalue weighted by Gasteiger charge is -2.33. The maximum absolute atomic E-state index is 13.8. The van der Waals surface area contributed by atoms with Gasteiger partial charge in [0.1, 0.15) is 11.6 Å². The molecule has 2 aliphatic heterocycles. The number of hydrogen-bond acceptors (Lipinski definition) is 9. The van der Waals surface area contributed by atoms with Crippen molar-refractivity contribution >= 4 is 24.3 Å². The van der Waals surface area contributed by atoms with Gasteiger partial charge in [-0.15, -0.1) is 12.4 Å². The van der Waals surface area contributed by atoms with Gasteiger partial charge in [-0.05, 0) is 171 Å². The van der Waals surface area contributed by atoms with E-state index in [1.807, 2.05) is 43.0 Å². The van der Waals surface area contributed by atoms with Crippen molar-refractivity contribution in [2.75, 3.05) is 26.2 Å². The SMILES string of the molecule is C.CCc1nc(-c2cc(C(=O)N3CCC(c4ccc(C#N)cc4)CC3)c(CC)cc2C2CCC2)n[nH]1.CCc1nc(-c2cc(C(=O)O)c(CC)cc2C2CCC2)n[nH]1.Cl.N#Cc1ccc(C2CCNCC2)cc1. The second-order valence-corrected chi connectivity index (χ2v) is 19.4. The molecule has 4 N–H and O–H groups in total. The highest BCUT2D eigenvalue weighted by molar-refractivity contribution is 5.97. The molecule has 13 nitrogen and oxygen atoms in total. The lowest BCUT2D eigenvalue weighted by molar-refractivity contribution is 0.0691. The highest BCUT2D eigenvalue weighted by Gasteiger charge is 2.31. The number of nitrogens with one attached hydrogen (secondary N) is 3. The van der Waals surface area contributed by atoms with Crippen LogP contribution in [0.5, 0.6) is 0 Å². The van der Waals surface area contributed by atoms with Crippen molar-refractivity contribution in [3.8, 4) is 34.9 Å². The third-order valence-electron chi connectivity index (χ3n) is 15.2. The summed E-state index contributed by atoms with van der Waals surface area (Å²) in [4.78, 5) is 36.5. The highest BCUT2D eigenvalue weighted by Crippen LogP contribution is 2.43. The van der Waals surface area contributed by atoms with Crippen LogP contribution in [-0.2, 0) is 25.7 Å². The van der Waals surface area contributed by atoms with Crippen LogP contribution in [0.3, 0.4) is 0 Å². The number of halogens is 1. The van der Waals surface area contributed by atoms with Gasteiger partial charge >= 0.3 is 5.97 Å². The molecule has 6 aromatic rings. The van der Waals surface area contributed by atoms with Crippen LogP contribution in [0, 0.1) is 22.7 Å². The molecule has 4 heterocycles. The molecule has 2 aromatic heterocycles. The minimum Gasteiger partial charge on any atom is -0.478 e. The third-order valence-corrected chi connectivity index (χ3v) is 15.2. The van der Waals surface area contributed by atoms with Gasteiger partial charge in [0.15, 0.2) is 11.6 Å². The van der Waals surface area contributed by atoms with E-state index in [9.17, 15) is 14.7 Å². The van der Waals surface area contributed by atoms with Gasteiger partial charge in [0, 0.05) is 42.6 Å². The molecule has 14 heteroatoms. The smallest absolute Gasteiger partial charge is 0.335 e. The minimum atomic E-state index is -0.885. The number of aryl methyl sites for hydroxylation is 4. The zero-order valence-electron chi connectivity index (χ0n) is 42.3. The van der Waals surface area contributed by atoms with Crippen LogP contribution in [0.2, 0.25) is 0 Å². The van der Waals surface area contributed by atoms with Gasteiger partial charge in [0.2, 0.25) is 0 Å². The Kier molecular flexibility index (Phi) is 20.1. The number of carboxylic acid groups (broad SMARTS) is 1. The number of nitrogens with zero attached hydrogens (tertiary/aromatic N) is 7. The van der Waals surface area contributed by atoms with Gasteiger partial charge in [-0.25, -0.2) is 14.8 Å². The Labute approximate surface area is 438 Å². The first-order valence-corrected chi connectivity index (χ1v) is 26.0. The first-order valence-electron chi connectivity index (χ1n) is 26.0. The molecule has 2 saturated heterocycles. The molecule has 73 heavy (non-hydrogen) atoms. The Bertz CT molecular complexity index is 2860. The van der Waals surface area contributed by atoms with E-state index in [0.717, 1.165) is 123 Å². The monoisotopic (exact) mass is 1000 g/mol. The number of carbonyl (C=O) groups excluding carboxylic acids is 1. The maximum Gasteiger partial charge on any atom is 0.335 e. The van der Waals surface area contributed by atoms with Crippen LogP contribution in [0.4, 0.5) is 0 Å². The number of aromatic amines is 2. The molecule has 4 aromatic carbocycles. The zero-order valence-corrected chi connectivity index (χ0v) is 43.1. The maximum atomic E-state index is 13.8. The van der Waals surface area contributed by atoms with E-state index in [4.69, 9.17) is 15.5 Å². The molecule has 4 aliphatic rings. The standard InChI is InChI=1S/C29H33N5O.C17H21N3O2.C12H14N2.CH4.ClH/c1-3-20-16-24(23-6-5-7-23)26(28-31-27(4-2)32-33-28)17-25(20)29(35)34-14-12-22(13-15-34)21-10-8-19(18-30)9-11-21;1-3-10-8-12(11-6-5-7-11)14(9-13(10)17(21)22)16-18-15(4-2)19-20-16;13-9-10-1-3-11(4-2-10)12-5-7-14-8-6-12;;/h8-11,16-17,22-23H,3-7,12-15H2,1-2H3,(H,31,32,33);8-9,11H,3-7H2,1-2H3,(H,21,22)(H,18,19,20);1-4,12,14H,5-8H2;1H4;1H. The fourth-order valence-electron chi connectivity index (χ4n) is 10.4. The molecule has 4 fully saturated rings. The largest absolute Gasteiger partial charge is 0.478 e. The molecule has 0 spiro atoms. The normalized spacial score (nSPS) is 15.8. The number of piperidine rings is 2. The van der Waals surface area contributed by atoms with Crippen molar-refractivity contribution in [2.24, 2.45) is 0 Å². The summed E-state index contributed by atoms with van der Waals surface area (Å²) in [7, 11) is 0. The molecule has 2 aliphatic carbocycles. The van der Waals surface area contributed by atoms with Crippen LogP contribution in [-0.4, -0.2) is 78.4 Å². The van der Waals surface area contributed by atoms with Crippen molar-refractivity contribution in [1.82, 2.24) is 40.6 Å². The topological polar surface area (TPSA) is 200 Å². The fourth-order valence-corrected chi connectivity index (χ4v) is 10.4. The van der Waals surface area contributed by atoms with Crippen LogP contribution in [0.1, 0.15) is 200 Å². The Morgan fingerprint density at radius 2 is 1.03 bits per heavy atom. The van der Waals surface area contributed by atoms with E-state index in [-0.39, 0.29) is 25.7 Å². The van der Waals surface area contributed by atoms with Gasteiger partial charge in [-0.2, -0.15) is 20.7 Å². The molecule has 0 unspecified atom stereocenters. The van der Waals surface area contributed by atoms with Crippen molar-refractivity contribution in [3.63, 3.8) is 0 Å². The number of rotatable bonds is 12. The van der Waals surface area contributed by atoms with Crippen molar-refractivity contribution < 1.29 is 14.7 Å². The van der Waals surface area contributed by atoms with Crippen molar-refractivity contribution in [1.29, 1.82) is 10.5 Å². The van der Waals surface area contributed by atoms with E-state index in [2.05, 4.69) is 99.1 Å². The van der Waals surface area contributed by atoms with Gasteiger partial charge in [0.05, 0.1) is 28.8 Å². The highest BCUT2D eigenvalue weighted by atomic mass is 35.5. The number of aromatic carboxylic acids is 1. The number of hydrogen-bond donors (Lipinski definition) is 4. The van der Waals surface area contributed by atoms with Crippen LogP contribution in [0.15, 0.2) is 72.8 Å². The summed E-state index contributed by atoms with van der Waals surface area (Å²) in [5, 5.41) is 45.3. The molecule has 0 atom stereocenters. The number of carbonyl (C=O) groups is 2. The summed E-state index contributed by atoms with van der Waals surface area (Å²) in [6.45, 7) is 11.9. The molecule has 2 saturated carbocycles. The average Bonchev–Trinajstić information content (AvgIpc) is 4.09. The van der Waals surface area contributed by atoms with Crippen LogP contribution in [0.25, 0.3) is 22.8 Å². The van der Waals surface area contributed by atoms with E-state index < -0.39 is 5.97 Å². The van der Waals surface area contributed by atoms with Crippen LogP contribution >= 0.6 is 12.4 Å². The number of H-pyrrole nitrogens is 2. The molecule has 0 radical (unpaired) electrons. The number of likely N-dealkylation sites (tertiary alicyclic amines) is 1. The summed E-state index contributed by atoms with van der Waals surface area (Å²) >= 11 is 0. The minimum absolute atomic E-state index is 0. The predicted octanol–water partition coefficient (Wildman–Crippen LogP) is 12.4. The Morgan fingerprint density at radius 1 is 0.603 bits per heavy atom. The van der Waals surface area contributed by atoms with E-state index in [1.54, 1.807) is 6.07 Å². The molecule has 384 valence electrons. The van der Waals surface area contributed by atoms with Crippen molar-refractivity contribution in [2.45, 2.75) is 149 Å². The number of benzene rings is 4. The summed E-state index contributed by atoms with van der Waals surface area (Å²) in [6.07, 6.45) is 14.6. The Balaban J connectivity index is 0.000000195. The number of aromatic nitrogens is 6. The first kappa shape index (κ1) is 55.6. The van der Waals surface area contributed by atoms with Gasteiger partial charge in [0.25, 0.3) is 5.91 Å². The first-order chi connectivity index (χ1) is 34.6. The Hall–Kier alpha value is -6.67. The molecule has 0 bridgehead atoms. The molecular formula is C59H73ClN10O3. The number of carboxylic acids is 1. The summed E-state index contributed by atoms with van der Waals surface area (Å²) in [6, 6.07) is 28.4. The summed E-state index contributed by atoms with van der Waals surface area (Å²) < 4.78 is 0. The molecular weight excluding hydrogens is 932 g/mol. The summed E-state index contributed by atoms with van der Waals surface area (Å²) in [5.74, 6) is 4.40. The number of amides is 1. The lowest BCUT2D eigenvalue weighted by atomic mass is 9.76. The predicted molar refractivity (Wildman–Crippen MR) is 290 cm³/mol. The van der Waals surface area contributed by atoms with E-state index in [0.29, 0.717) is 46.4 Å². The van der Waals surface area contributed by atoms with Gasteiger partial charge in [-0.3, -0.25) is 15.0 Å².